The molecule has 1 nitrogen and oxygen atoms in total. The van der Waals surface area contributed by atoms with Gasteiger partial charge >= 0.3 is 0 Å². The molecule has 0 saturated carbocycles. The molecule has 2 aromatic carbocycles. The van der Waals surface area contributed by atoms with Crippen molar-refractivity contribution < 1.29 is 21.5 Å². The Balaban J connectivity index is 0.00000192. The van der Waals surface area contributed by atoms with Crippen molar-refractivity contribution in [2.45, 2.75) is 19.3 Å². The van der Waals surface area contributed by atoms with Crippen LogP contribution in [0.15, 0.2) is 42.5 Å². The van der Waals surface area contributed by atoms with Crippen LogP contribution < -0.4 is 17.0 Å². The molecule has 23 heavy (non-hydrogen) atoms. The van der Waals surface area contributed by atoms with Crippen LogP contribution in [0.25, 0.3) is 10.8 Å². The van der Waals surface area contributed by atoms with Crippen molar-refractivity contribution in [1.82, 2.24) is 0 Å². The van der Waals surface area contributed by atoms with Crippen LogP contribution in [0, 0.1) is 24.2 Å². The summed E-state index contributed by atoms with van der Waals surface area (Å²) in [6.07, 6.45) is 9.47. The molecule has 2 heteroatoms. The molecular formula is C21H22BrN. The Hall–Kier alpha value is -1.74. The number of terminal acetylenes is 1. The van der Waals surface area contributed by atoms with Gasteiger partial charge in [-0.1, -0.05) is 42.3 Å². The lowest BCUT2D eigenvalue weighted by Gasteiger charge is -2.38. The molecule has 0 atom stereocenters. The van der Waals surface area contributed by atoms with Crippen LogP contribution in [0.4, 0.5) is 0 Å². The van der Waals surface area contributed by atoms with Crippen LogP contribution >= 0.6 is 0 Å². The number of rotatable bonds is 2. The van der Waals surface area contributed by atoms with Crippen molar-refractivity contribution >= 4 is 10.8 Å². The van der Waals surface area contributed by atoms with Crippen molar-refractivity contribution in [1.29, 1.82) is 0 Å². The summed E-state index contributed by atoms with van der Waals surface area (Å²) in [5.74, 6) is 9.66. The van der Waals surface area contributed by atoms with Gasteiger partial charge in [-0.05, 0) is 47.9 Å². The fraction of sp³-hybridized carbons (Fsp3) is 0.333. The summed E-state index contributed by atoms with van der Waals surface area (Å²) in [6.45, 7) is 4.03. The van der Waals surface area contributed by atoms with E-state index in [0.717, 1.165) is 23.1 Å². The van der Waals surface area contributed by atoms with Crippen molar-refractivity contribution in [3.63, 3.8) is 0 Å². The molecule has 0 N–H and O–H groups in total. The van der Waals surface area contributed by atoms with Gasteiger partial charge in [-0.2, -0.15) is 0 Å². The largest absolute Gasteiger partial charge is 1.00 e. The Bertz CT molecular complexity index is 749. The van der Waals surface area contributed by atoms with Gasteiger partial charge < -0.3 is 21.5 Å². The Morgan fingerprint density at radius 3 is 2.43 bits per heavy atom. The average molecular weight is 368 g/mol. The lowest BCUT2D eigenvalue weighted by molar-refractivity contribution is -0.919. The molecule has 0 unspecified atom stereocenters. The summed E-state index contributed by atoms with van der Waals surface area (Å²) in [4.78, 5) is 0. The summed E-state index contributed by atoms with van der Waals surface area (Å²) >= 11 is 0. The highest BCUT2D eigenvalue weighted by Gasteiger charge is 2.27. The number of piperidine rings is 1. The van der Waals surface area contributed by atoms with E-state index in [0.29, 0.717) is 0 Å². The molecule has 1 aliphatic heterocycles. The van der Waals surface area contributed by atoms with E-state index in [2.05, 4.69) is 60.2 Å². The first kappa shape index (κ1) is 17.6. The van der Waals surface area contributed by atoms with Gasteiger partial charge in [-0.25, -0.2) is 0 Å². The zero-order valence-corrected chi connectivity index (χ0v) is 15.0. The van der Waals surface area contributed by atoms with Crippen molar-refractivity contribution in [3.05, 3.63) is 48.0 Å². The highest BCUT2D eigenvalue weighted by molar-refractivity contribution is 5.88. The van der Waals surface area contributed by atoms with Crippen molar-refractivity contribution in [3.8, 4) is 24.2 Å². The molecule has 1 aliphatic rings. The molecule has 118 valence electrons. The van der Waals surface area contributed by atoms with Crippen LogP contribution in [0.2, 0.25) is 0 Å². The smallest absolute Gasteiger partial charge is 0.142 e. The van der Waals surface area contributed by atoms with E-state index in [9.17, 15) is 0 Å². The van der Waals surface area contributed by atoms with Gasteiger partial charge in [0.05, 0.1) is 13.1 Å². The molecule has 0 amide bonds. The molecular weight excluding hydrogens is 346 g/mol. The van der Waals surface area contributed by atoms with Gasteiger partial charge in [0.25, 0.3) is 0 Å². The zero-order valence-electron chi connectivity index (χ0n) is 13.4. The molecule has 1 heterocycles. The van der Waals surface area contributed by atoms with Gasteiger partial charge in [0, 0.05) is 5.56 Å². The van der Waals surface area contributed by atoms with E-state index in [1.807, 2.05) is 0 Å². The fourth-order valence-electron chi connectivity index (χ4n) is 3.39. The van der Waals surface area contributed by atoms with Crippen LogP contribution in [0.3, 0.4) is 0 Å². The maximum atomic E-state index is 5.59. The van der Waals surface area contributed by atoms with E-state index in [4.69, 9.17) is 6.42 Å². The molecule has 3 rings (SSSR count). The highest BCUT2D eigenvalue weighted by Crippen LogP contribution is 2.19. The summed E-state index contributed by atoms with van der Waals surface area (Å²) in [6, 6.07) is 14.8. The van der Waals surface area contributed by atoms with Crippen LogP contribution in [-0.4, -0.2) is 30.7 Å². The number of quaternary nitrogens is 1. The predicted octanol–water partition coefficient (Wildman–Crippen LogP) is 0.829. The van der Waals surface area contributed by atoms with Crippen LogP contribution in [-0.2, 0) is 0 Å². The third kappa shape index (κ3) is 4.17. The first-order valence-corrected chi connectivity index (χ1v) is 8.08. The zero-order chi connectivity index (χ0) is 15.3. The highest BCUT2D eigenvalue weighted by atomic mass is 79.9. The van der Waals surface area contributed by atoms with Crippen LogP contribution in [0.5, 0.6) is 0 Å². The number of nitrogens with zero attached hydrogens (tertiary/aromatic N) is 1. The topological polar surface area (TPSA) is 0 Å². The van der Waals surface area contributed by atoms with E-state index in [-0.39, 0.29) is 17.0 Å². The van der Waals surface area contributed by atoms with E-state index in [1.54, 1.807) is 0 Å². The lowest BCUT2D eigenvalue weighted by atomic mass is 10.0. The van der Waals surface area contributed by atoms with Gasteiger partial charge in [0.1, 0.15) is 13.1 Å². The SMILES string of the molecule is C#CC[N+]1(CC#Cc2cccc3ccccc23)CCCCC1.[Br-]. The number of hydrogen-bond donors (Lipinski definition) is 0. The summed E-state index contributed by atoms with van der Waals surface area (Å²) in [5.41, 5.74) is 1.12. The molecule has 0 spiro atoms. The fourth-order valence-corrected chi connectivity index (χ4v) is 3.39. The van der Waals surface area contributed by atoms with E-state index < -0.39 is 0 Å². The molecule has 1 saturated heterocycles. The Morgan fingerprint density at radius 1 is 0.913 bits per heavy atom. The average Bonchev–Trinajstić information content (AvgIpc) is 2.56. The first-order valence-electron chi connectivity index (χ1n) is 8.08. The second-order valence-corrected chi connectivity index (χ2v) is 6.20. The Kier molecular flexibility index (Phi) is 6.28. The maximum Gasteiger partial charge on any atom is 0.142 e. The molecule has 0 radical (unpaired) electrons. The van der Waals surface area contributed by atoms with E-state index >= 15 is 0 Å². The normalized spacial score (nSPS) is 15.8. The molecule has 0 aromatic heterocycles. The number of likely N-dealkylation sites (tertiary alicyclic amines) is 1. The first-order chi connectivity index (χ1) is 10.8. The Morgan fingerprint density at radius 2 is 1.65 bits per heavy atom. The Labute approximate surface area is 150 Å². The maximum absolute atomic E-state index is 5.59. The summed E-state index contributed by atoms with van der Waals surface area (Å²) in [7, 11) is 0. The van der Waals surface area contributed by atoms with Crippen LogP contribution in [0.1, 0.15) is 24.8 Å². The van der Waals surface area contributed by atoms with E-state index in [1.165, 1.54) is 43.1 Å². The summed E-state index contributed by atoms with van der Waals surface area (Å²) in [5, 5.41) is 2.49. The van der Waals surface area contributed by atoms with Gasteiger partial charge in [0.2, 0.25) is 0 Å². The number of halogens is 1. The second-order valence-electron chi connectivity index (χ2n) is 6.20. The minimum absolute atomic E-state index is 0. The predicted molar refractivity (Wildman–Crippen MR) is 93.2 cm³/mol. The second kappa shape index (κ2) is 8.21. The third-order valence-corrected chi connectivity index (χ3v) is 4.62. The summed E-state index contributed by atoms with van der Waals surface area (Å²) < 4.78 is 0.980. The van der Waals surface area contributed by atoms with Gasteiger partial charge in [-0.3, -0.25) is 0 Å². The minimum atomic E-state index is 0. The number of hydrogen-bond acceptors (Lipinski definition) is 0. The van der Waals surface area contributed by atoms with Crippen molar-refractivity contribution in [2.24, 2.45) is 0 Å². The van der Waals surface area contributed by atoms with Crippen molar-refractivity contribution in [2.75, 3.05) is 26.2 Å². The molecule has 0 bridgehead atoms. The van der Waals surface area contributed by atoms with Gasteiger partial charge in [0.15, 0.2) is 0 Å². The van der Waals surface area contributed by atoms with Gasteiger partial charge in [-0.15, -0.1) is 6.42 Å². The molecule has 1 fully saturated rings. The molecule has 0 aliphatic carbocycles. The number of benzene rings is 2. The third-order valence-electron chi connectivity index (χ3n) is 4.62. The molecule has 2 aromatic rings. The lowest BCUT2D eigenvalue weighted by Crippen LogP contribution is -3.00. The number of fused-ring (bicyclic) bond motifs is 1. The minimum Gasteiger partial charge on any atom is -1.00 e. The quantitative estimate of drug-likeness (QED) is 0.544. The standard InChI is InChI=1S/C21H22N.BrH/c1-2-15-22(16-6-3-7-17-22)18-9-13-20-12-8-11-19-10-4-5-14-21(19)20;/h1,4-5,8,10-12,14H,3,6-7,15-18H2;1H/q+1;/p-1. The monoisotopic (exact) mass is 367 g/mol.